The van der Waals surface area contributed by atoms with Crippen molar-refractivity contribution in [2.45, 2.75) is 329 Å². The second kappa shape index (κ2) is 44.9. The van der Waals surface area contributed by atoms with E-state index < -0.39 is 26.4 Å². The first-order valence-electron chi connectivity index (χ1n) is 37.4. The minimum absolute atomic E-state index is 0.0259. The molecule has 0 aromatic carbocycles. The van der Waals surface area contributed by atoms with Crippen molar-refractivity contribution in [3.05, 3.63) is 132 Å². The van der Waals surface area contributed by atoms with Crippen LogP contribution in [0.2, 0.25) is 0 Å². The lowest BCUT2D eigenvalue weighted by Crippen LogP contribution is -2.46. The number of allylic oxidation sites excluding steroid dienone is 6. The van der Waals surface area contributed by atoms with Crippen LogP contribution in [0.5, 0.6) is 0 Å². The number of nitrogens with one attached hydrogen (secondary N) is 3. The van der Waals surface area contributed by atoms with E-state index in [0.29, 0.717) is 48.4 Å². The lowest BCUT2D eigenvalue weighted by Gasteiger charge is -2.36. The summed E-state index contributed by atoms with van der Waals surface area (Å²) < 4.78 is 75.9. The van der Waals surface area contributed by atoms with Crippen molar-refractivity contribution >= 4 is 50.9 Å². The van der Waals surface area contributed by atoms with E-state index in [9.17, 15) is 59.5 Å². The number of carbonyl (C=O) groups excluding carboxylic acids is 7. The van der Waals surface area contributed by atoms with Crippen LogP contribution in [0.4, 0.5) is 17.6 Å². The molecule has 2 aromatic heterocycles. The Hall–Kier alpha value is -7.74. The van der Waals surface area contributed by atoms with Crippen LogP contribution < -0.4 is 16.0 Å². The zero-order valence-electron chi connectivity index (χ0n) is 72.8. The standard InChI is InChI=1S/C11H18FNO.C10H16FNO.C10H16O.C9H16FNO.C9H12N2.C9H15NO.C8H13NO.C7H11FN2.C7H12O.C6H12O2S/c1-11(2,3)13-10(14)8-6-4-5-7-9(8)12;1-10(2,3)12-9(13)7-5-4-6-8(7)11;1-10(2,3)8-6-4-5-7-9(8)11;1-6(7(2)10)8(12)11-9(3,4)5;1-5-8-10-6-7-11(8)9(2,3)4;1-9(2,3)10-7-5-4-6-8(10)11;1-8(2,3)9-6-4-5-7(9)10;1-7(2,3)10-5-4-6(8)9-10;1-5-6(8)7(2,3)4;1-5-9(7,8)6(2,3)4/h4-7H2,1-3H3,(H,13,14);4-6H2,1-3H3,(H,12,13);5,7-8H,4,6H2,1-3H3;1-5H3,(H,11,12);1,6-7H,2-4H3;4,6H,5,7H2,1-3H3;4-5H,6H2,1-3H3;4-5H,1-3H3;5H,1H2,2-4H3;5H,1H2,2-4H3/b;;;7-6-;;;;;;. The number of terminal acetylenes is 1. The molecule has 2 aromatic rings. The minimum atomic E-state index is -3.07. The van der Waals surface area contributed by atoms with E-state index in [2.05, 4.69) is 107 Å². The van der Waals surface area contributed by atoms with Crippen molar-refractivity contribution in [3.8, 4) is 12.3 Å². The molecule has 4 heterocycles. The molecule has 0 radical (unpaired) electrons. The summed E-state index contributed by atoms with van der Waals surface area (Å²) in [6.45, 7) is 69.3. The number of aromatic nitrogens is 4. The van der Waals surface area contributed by atoms with Crippen molar-refractivity contribution in [2.24, 2.45) is 16.7 Å². The number of ketones is 2. The fourth-order valence-electron chi connectivity index (χ4n) is 9.53. The smallest absolute Gasteiger partial charge is 0.250 e. The summed E-state index contributed by atoms with van der Waals surface area (Å²) in [6, 6.07) is 1.35. The van der Waals surface area contributed by atoms with Crippen molar-refractivity contribution in [3.63, 3.8) is 0 Å². The van der Waals surface area contributed by atoms with Crippen LogP contribution in [0.15, 0.2) is 120 Å². The second-order valence-electron chi connectivity index (χ2n) is 37.1. The Kier molecular flexibility index (Phi) is 43.5. The van der Waals surface area contributed by atoms with Gasteiger partial charge in [-0.25, -0.2) is 26.6 Å². The number of halogens is 4. The van der Waals surface area contributed by atoms with Crippen LogP contribution in [0.3, 0.4) is 0 Å². The highest BCUT2D eigenvalue weighted by molar-refractivity contribution is 7.95. The van der Waals surface area contributed by atoms with E-state index in [1.165, 1.54) is 26.0 Å². The van der Waals surface area contributed by atoms with Gasteiger partial charge in [0.1, 0.15) is 17.5 Å². The van der Waals surface area contributed by atoms with Crippen molar-refractivity contribution in [2.75, 3.05) is 13.1 Å². The van der Waals surface area contributed by atoms with Crippen LogP contribution in [-0.2, 0) is 54.5 Å². The van der Waals surface area contributed by atoms with Crippen molar-refractivity contribution in [1.29, 1.82) is 0 Å². The molecule has 2 aliphatic heterocycles. The molecule has 1 atom stereocenters. The molecule has 0 saturated carbocycles. The van der Waals surface area contributed by atoms with Gasteiger partial charge in [-0.05, 0) is 274 Å². The van der Waals surface area contributed by atoms with E-state index in [0.717, 1.165) is 57.0 Å². The van der Waals surface area contributed by atoms with Crippen molar-refractivity contribution < 1.29 is 59.5 Å². The summed E-state index contributed by atoms with van der Waals surface area (Å²) in [5, 5.41) is 12.8. The lowest BCUT2D eigenvalue weighted by molar-refractivity contribution is -0.131. The van der Waals surface area contributed by atoms with E-state index in [4.69, 9.17) is 6.42 Å². The molecule has 18 nitrogen and oxygen atoms in total. The monoisotopic (exact) mass is 1550 g/mol. The van der Waals surface area contributed by atoms with Gasteiger partial charge in [0.15, 0.2) is 27.2 Å². The molecule has 3 aliphatic carbocycles. The Morgan fingerprint density at radius 2 is 1.03 bits per heavy atom. The number of amides is 5. The van der Waals surface area contributed by atoms with Gasteiger partial charge in [-0.2, -0.15) is 4.39 Å². The van der Waals surface area contributed by atoms with Gasteiger partial charge in [0.2, 0.25) is 35.5 Å². The van der Waals surface area contributed by atoms with Gasteiger partial charge in [-0.1, -0.05) is 72.9 Å². The van der Waals surface area contributed by atoms with Crippen molar-refractivity contribution in [1.82, 2.24) is 45.1 Å². The molecule has 23 heteroatoms. The molecule has 7 rings (SSSR count). The number of rotatable bonds is 5. The van der Waals surface area contributed by atoms with E-state index in [1.54, 1.807) is 56.1 Å². The predicted molar refractivity (Wildman–Crippen MR) is 440 cm³/mol. The van der Waals surface area contributed by atoms with Crippen LogP contribution in [0.25, 0.3) is 0 Å². The van der Waals surface area contributed by atoms with Gasteiger partial charge in [0.25, 0.3) is 0 Å². The molecule has 0 fully saturated rings. The number of carbonyl (C=O) groups is 7. The molecule has 0 bridgehead atoms. The summed E-state index contributed by atoms with van der Waals surface area (Å²) in [4.78, 5) is 86.4. The van der Waals surface area contributed by atoms with Crippen LogP contribution in [0.1, 0.15) is 292 Å². The Labute approximate surface area is 655 Å². The average Bonchev–Trinajstić information content (AvgIpc) is 1.31. The Morgan fingerprint density at radius 1 is 0.587 bits per heavy atom. The third-order valence-corrected chi connectivity index (χ3v) is 18.1. The van der Waals surface area contributed by atoms with E-state index >= 15 is 0 Å². The molecular weight excluding hydrogens is 1410 g/mol. The third kappa shape index (κ3) is 44.6. The zero-order chi connectivity index (χ0) is 86.3. The Bertz CT molecular complexity index is 3630. The highest BCUT2D eigenvalue weighted by atomic mass is 32.2. The Balaban J connectivity index is -0.00000115. The maximum Gasteiger partial charge on any atom is 0.250 e. The first-order valence-corrected chi connectivity index (χ1v) is 39.0. The summed E-state index contributed by atoms with van der Waals surface area (Å²) in [5.41, 5.74) is -0.303. The molecule has 5 amide bonds. The molecule has 109 heavy (non-hydrogen) atoms. The van der Waals surface area contributed by atoms with Gasteiger partial charge in [-0.3, -0.25) is 38.2 Å². The first-order chi connectivity index (χ1) is 48.9. The van der Waals surface area contributed by atoms with Gasteiger partial charge in [0.05, 0.1) is 10.3 Å². The van der Waals surface area contributed by atoms with Gasteiger partial charge in [0, 0.05) is 111 Å². The molecule has 3 N–H and O–H groups in total. The third-order valence-electron chi connectivity index (χ3n) is 15.9. The highest BCUT2D eigenvalue weighted by Crippen LogP contribution is 2.33. The van der Waals surface area contributed by atoms with Gasteiger partial charge < -0.3 is 30.3 Å². The number of sulfone groups is 1. The largest absolute Gasteiger partial charge is 0.348 e. The minimum Gasteiger partial charge on any atom is -0.348 e. The lowest BCUT2D eigenvalue weighted by atomic mass is 9.74. The average molecular weight is 1550 g/mol. The predicted octanol–water partition coefficient (Wildman–Crippen LogP) is 19.0. The fraction of sp³-hybridized carbons (Fsp3) is 0.640. The van der Waals surface area contributed by atoms with Gasteiger partial charge >= 0.3 is 0 Å². The molecule has 618 valence electrons. The summed E-state index contributed by atoms with van der Waals surface area (Å²) in [6.07, 6.45) is 30.3. The number of nitrogens with zero attached hydrogens (tertiary/aromatic N) is 6. The maximum atomic E-state index is 13.3. The quantitative estimate of drug-likeness (QED) is 0.145. The Morgan fingerprint density at radius 3 is 1.28 bits per heavy atom. The number of imidazole rings is 1. The maximum absolute atomic E-state index is 13.3. The molecular formula is C86H141F4N9O9S. The zero-order valence-corrected chi connectivity index (χ0v) is 73.6. The molecule has 1 unspecified atom stereocenters. The highest BCUT2D eigenvalue weighted by Gasteiger charge is 2.32. The SMILES string of the molecule is C#Cc1nccn1C(C)(C)C.C/C(F)=C(\C)C(=O)NC(C)(C)C.C=CC(=O)C(C)(C)C.C=CS(=O)(=O)C(C)(C)C.CC(C)(C)C1CCC=CC1=O.CC(C)(C)N1CC=CC1=O.CC(C)(C)N1CCC=CC1=O.CC(C)(C)NC(=O)C1=C(F)CCC1.CC(C)(C)NC(=O)C1=C(F)CCCC1.CC(C)(C)n1ccc(F)n1. The molecule has 0 spiro atoms. The first kappa shape index (κ1) is 105. The van der Waals surface area contributed by atoms with E-state index in [-0.39, 0.29) is 108 Å². The van der Waals surface area contributed by atoms with Gasteiger partial charge in [-0.15, -0.1) is 11.5 Å². The fourth-order valence-corrected chi connectivity index (χ4v) is 10.0. The topological polar surface area (TPSA) is 232 Å². The molecule has 5 aliphatic rings. The summed E-state index contributed by atoms with van der Waals surface area (Å²) in [5.74, 6) is 2.00. The normalized spacial score (nSPS) is 16.4. The summed E-state index contributed by atoms with van der Waals surface area (Å²) in [7, 11) is -3.07. The van der Waals surface area contributed by atoms with Crippen LogP contribution >= 0.6 is 0 Å². The van der Waals surface area contributed by atoms with Crippen LogP contribution in [-0.4, -0.2) is 124 Å². The number of hydrogen-bond donors (Lipinski definition) is 3. The second-order valence-corrected chi connectivity index (χ2v) is 39.8. The van der Waals surface area contributed by atoms with Crippen LogP contribution in [0, 0.1) is 35.0 Å². The van der Waals surface area contributed by atoms with E-state index in [1.807, 2.05) is 163 Å². The molecule has 0 saturated heterocycles. The number of hydrogen-bond acceptors (Lipinski definition) is 11. The summed E-state index contributed by atoms with van der Waals surface area (Å²) >= 11 is 0.